The van der Waals surface area contributed by atoms with Gasteiger partial charge in [-0.3, -0.25) is 0 Å². The number of rotatable bonds is 3. The third-order valence-electron chi connectivity index (χ3n) is 2.54. The van der Waals surface area contributed by atoms with Crippen LogP contribution in [0.2, 0.25) is 0 Å². The molecule has 1 fully saturated rings. The summed E-state index contributed by atoms with van der Waals surface area (Å²) < 4.78 is 27.0. The Hall–Kier alpha value is -0.660. The van der Waals surface area contributed by atoms with E-state index in [4.69, 9.17) is 5.73 Å². The third kappa shape index (κ3) is 2.36. The summed E-state index contributed by atoms with van der Waals surface area (Å²) in [5.74, 6) is 0.275. The maximum absolute atomic E-state index is 11.9. The fraction of sp³-hybridized carbons (Fsp3) is 0.444. The SMILES string of the molecule is CC1(NS(=O)(=O)c2cnc(N)c(Br)c2)CC1. The summed E-state index contributed by atoms with van der Waals surface area (Å²) >= 11 is 3.15. The minimum atomic E-state index is -3.49. The van der Waals surface area contributed by atoms with Gasteiger partial charge in [0.25, 0.3) is 0 Å². The van der Waals surface area contributed by atoms with Gasteiger partial charge in [-0.2, -0.15) is 0 Å². The average Bonchev–Trinajstić information content (AvgIpc) is 2.86. The van der Waals surface area contributed by atoms with Crippen molar-refractivity contribution in [1.29, 1.82) is 0 Å². The highest BCUT2D eigenvalue weighted by Crippen LogP contribution is 2.36. The van der Waals surface area contributed by atoms with Gasteiger partial charge in [0.2, 0.25) is 10.0 Å². The first-order valence-corrected chi connectivity index (χ1v) is 7.05. The van der Waals surface area contributed by atoms with Gasteiger partial charge in [-0.1, -0.05) is 0 Å². The van der Waals surface area contributed by atoms with E-state index in [-0.39, 0.29) is 16.3 Å². The van der Waals surface area contributed by atoms with Gasteiger partial charge in [-0.15, -0.1) is 0 Å². The lowest BCUT2D eigenvalue weighted by molar-refractivity contribution is 0.557. The number of nitrogens with one attached hydrogen (secondary N) is 1. The van der Waals surface area contributed by atoms with Crippen molar-refractivity contribution in [3.63, 3.8) is 0 Å². The predicted octanol–water partition coefficient (Wildman–Crippen LogP) is 1.26. The molecule has 88 valence electrons. The van der Waals surface area contributed by atoms with E-state index < -0.39 is 10.0 Å². The van der Waals surface area contributed by atoms with E-state index in [0.29, 0.717) is 4.47 Å². The zero-order chi connectivity index (χ0) is 12.0. The minimum absolute atomic E-state index is 0.127. The van der Waals surface area contributed by atoms with Crippen LogP contribution in [0.5, 0.6) is 0 Å². The second-order valence-electron chi connectivity index (χ2n) is 4.20. The predicted molar refractivity (Wildman–Crippen MR) is 64.3 cm³/mol. The Morgan fingerprint density at radius 1 is 1.56 bits per heavy atom. The molecule has 0 aromatic carbocycles. The van der Waals surface area contributed by atoms with E-state index in [0.717, 1.165) is 12.8 Å². The van der Waals surface area contributed by atoms with E-state index >= 15 is 0 Å². The van der Waals surface area contributed by atoms with Crippen molar-refractivity contribution in [3.05, 3.63) is 16.7 Å². The number of nitrogens with two attached hydrogens (primary N) is 1. The molecule has 0 spiro atoms. The number of nitrogen functional groups attached to an aromatic ring is 1. The van der Waals surface area contributed by atoms with Gasteiger partial charge in [0, 0.05) is 11.7 Å². The Balaban J connectivity index is 2.32. The third-order valence-corrected chi connectivity index (χ3v) is 4.78. The van der Waals surface area contributed by atoms with Gasteiger partial charge in [0.05, 0.1) is 4.47 Å². The maximum atomic E-state index is 11.9. The molecule has 0 saturated heterocycles. The van der Waals surface area contributed by atoms with Crippen molar-refractivity contribution in [2.24, 2.45) is 0 Å². The molecular weight excluding hydrogens is 294 g/mol. The van der Waals surface area contributed by atoms with Gasteiger partial charge in [-0.25, -0.2) is 18.1 Å². The molecular formula is C9H12BrN3O2S. The Morgan fingerprint density at radius 3 is 2.69 bits per heavy atom. The molecule has 1 aromatic heterocycles. The standard InChI is InChI=1S/C9H12BrN3O2S/c1-9(2-3-9)13-16(14,15)6-4-7(10)8(11)12-5-6/h4-5,13H,2-3H2,1H3,(H2,11,12). The maximum Gasteiger partial charge on any atom is 0.242 e. The first-order valence-electron chi connectivity index (χ1n) is 4.77. The number of aromatic nitrogens is 1. The fourth-order valence-corrected chi connectivity index (χ4v) is 3.19. The second kappa shape index (κ2) is 3.68. The molecule has 5 nitrogen and oxygen atoms in total. The van der Waals surface area contributed by atoms with Crippen molar-refractivity contribution < 1.29 is 8.42 Å². The van der Waals surface area contributed by atoms with Crippen LogP contribution in [-0.4, -0.2) is 18.9 Å². The topological polar surface area (TPSA) is 85.1 Å². The second-order valence-corrected chi connectivity index (χ2v) is 6.74. The first kappa shape index (κ1) is 11.8. The van der Waals surface area contributed by atoms with Crippen LogP contribution in [0.1, 0.15) is 19.8 Å². The van der Waals surface area contributed by atoms with Crippen LogP contribution < -0.4 is 10.5 Å². The Morgan fingerprint density at radius 2 is 2.19 bits per heavy atom. The zero-order valence-corrected chi connectivity index (χ0v) is 11.1. The van der Waals surface area contributed by atoms with Gasteiger partial charge in [0.1, 0.15) is 10.7 Å². The molecule has 0 unspecified atom stereocenters. The highest BCUT2D eigenvalue weighted by molar-refractivity contribution is 9.10. The first-order chi connectivity index (χ1) is 7.32. The molecule has 0 bridgehead atoms. The van der Waals surface area contributed by atoms with Crippen molar-refractivity contribution >= 4 is 31.8 Å². The molecule has 0 radical (unpaired) electrons. The minimum Gasteiger partial charge on any atom is -0.383 e. The number of halogens is 1. The summed E-state index contributed by atoms with van der Waals surface area (Å²) in [6, 6.07) is 1.45. The van der Waals surface area contributed by atoms with Gasteiger partial charge >= 0.3 is 0 Å². The lowest BCUT2D eigenvalue weighted by Gasteiger charge is -2.12. The molecule has 7 heteroatoms. The monoisotopic (exact) mass is 305 g/mol. The Bertz CT molecular complexity index is 526. The number of sulfonamides is 1. The number of anilines is 1. The highest BCUT2D eigenvalue weighted by atomic mass is 79.9. The summed E-state index contributed by atoms with van der Waals surface area (Å²) in [5.41, 5.74) is 5.21. The van der Waals surface area contributed by atoms with Crippen LogP contribution in [0, 0.1) is 0 Å². The molecule has 1 aliphatic rings. The van der Waals surface area contributed by atoms with Crippen LogP contribution >= 0.6 is 15.9 Å². The summed E-state index contributed by atoms with van der Waals surface area (Å²) in [7, 11) is -3.49. The molecule has 1 heterocycles. The van der Waals surface area contributed by atoms with Crippen molar-refractivity contribution in [2.75, 3.05) is 5.73 Å². The van der Waals surface area contributed by atoms with Gasteiger partial charge in [0.15, 0.2) is 0 Å². The van der Waals surface area contributed by atoms with Crippen LogP contribution in [0.4, 0.5) is 5.82 Å². The summed E-state index contributed by atoms with van der Waals surface area (Å²) in [5, 5.41) is 0. The van der Waals surface area contributed by atoms with Crippen molar-refractivity contribution in [2.45, 2.75) is 30.2 Å². The number of nitrogens with zero attached hydrogens (tertiary/aromatic N) is 1. The molecule has 16 heavy (non-hydrogen) atoms. The Kier molecular flexibility index (Phi) is 2.72. The molecule has 0 amide bonds. The number of hydrogen-bond acceptors (Lipinski definition) is 4. The largest absolute Gasteiger partial charge is 0.383 e. The number of pyridine rings is 1. The quantitative estimate of drug-likeness (QED) is 0.880. The fourth-order valence-electron chi connectivity index (χ4n) is 1.25. The van der Waals surface area contributed by atoms with E-state index in [1.807, 2.05) is 6.92 Å². The summed E-state index contributed by atoms with van der Waals surface area (Å²) in [6.45, 7) is 1.88. The summed E-state index contributed by atoms with van der Waals surface area (Å²) in [4.78, 5) is 3.93. The molecule has 1 aromatic rings. The van der Waals surface area contributed by atoms with Crippen molar-refractivity contribution in [1.82, 2.24) is 9.71 Å². The average molecular weight is 306 g/mol. The van der Waals surface area contributed by atoms with E-state index in [2.05, 4.69) is 25.6 Å². The van der Waals surface area contributed by atoms with E-state index in [1.54, 1.807) is 0 Å². The van der Waals surface area contributed by atoms with E-state index in [1.165, 1.54) is 12.3 Å². The lowest BCUT2D eigenvalue weighted by Crippen LogP contribution is -2.34. The smallest absolute Gasteiger partial charge is 0.242 e. The van der Waals surface area contributed by atoms with Crippen LogP contribution in [0.3, 0.4) is 0 Å². The molecule has 1 aliphatic carbocycles. The van der Waals surface area contributed by atoms with Gasteiger partial charge in [-0.05, 0) is 41.8 Å². The Labute approximate surface area is 103 Å². The lowest BCUT2D eigenvalue weighted by atomic mass is 10.4. The van der Waals surface area contributed by atoms with Gasteiger partial charge < -0.3 is 5.73 Å². The normalized spacial score (nSPS) is 18.4. The molecule has 2 rings (SSSR count). The molecule has 0 atom stereocenters. The summed E-state index contributed by atoms with van der Waals surface area (Å²) in [6.07, 6.45) is 3.00. The number of hydrogen-bond donors (Lipinski definition) is 2. The van der Waals surface area contributed by atoms with Crippen molar-refractivity contribution in [3.8, 4) is 0 Å². The van der Waals surface area contributed by atoms with Crippen LogP contribution in [0.15, 0.2) is 21.6 Å². The molecule has 3 N–H and O–H groups in total. The van der Waals surface area contributed by atoms with Crippen LogP contribution in [0.25, 0.3) is 0 Å². The van der Waals surface area contributed by atoms with Crippen LogP contribution in [-0.2, 0) is 10.0 Å². The zero-order valence-electron chi connectivity index (χ0n) is 8.70. The highest BCUT2D eigenvalue weighted by Gasteiger charge is 2.41. The van der Waals surface area contributed by atoms with E-state index in [9.17, 15) is 8.42 Å². The molecule has 1 saturated carbocycles. The molecule has 0 aliphatic heterocycles.